The molecule has 15 heavy (non-hydrogen) atoms. The molecule has 1 atom stereocenters. The zero-order valence-electron chi connectivity index (χ0n) is 9.47. The van der Waals surface area contributed by atoms with E-state index in [0.717, 1.165) is 0 Å². The van der Waals surface area contributed by atoms with Crippen LogP contribution in [0.4, 0.5) is 0 Å². The summed E-state index contributed by atoms with van der Waals surface area (Å²) in [6.07, 6.45) is 3.37. The normalized spacial score (nSPS) is 21.1. The summed E-state index contributed by atoms with van der Waals surface area (Å²) in [7, 11) is -1.26. The number of hydrogen-bond acceptors (Lipinski definition) is 3. The smallest absolute Gasteiger partial charge is 0.169 e. The number of allylic oxidation sites excluding steroid dienone is 1. The van der Waals surface area contributed by atoms with Gasteiger partial charge in [-0.3, -0.25) is 4.84 Å². The van der Waals surface area contributed by atoms with Gasteiger partial charge in [0, 0.05) is 5.41 Å². The molecule has 0 N–H and O–H groups in total. The second-order valence-electron chi connectivity index (χ2n) is 3.72. The molecule has 0 spiro atoms. The van der Waals surface area contributed by atoms with E-state index in [1.807, 2.05) is 27.7 Å². The fraction of sp³-hybridized carbons (Fsp3) is 0.600. The van der Waals surface area contributed by atoms with Gasteiger partial charge >= 0.3 is 0 Å². The van der Waals surface area contributed by atoms with Crippen LogP contribution in [0, 0.1) is 0 Å². The molecule has 0 aromatic heterocycles. The van der Waals surface area contributed by atoms with E-state index in [-0.39, 0.29) is 12.2 Å². The highest BCUT2D eigenvalue weighted by Gasteiger charge is 2.15. The lowest BCUT2D eigenvalue weighted by Gasteiger charge is -2.23. The molecule has 0 amide bonds. The van der Waals surface area contributed by atoms with Crippen LogP contribution >= 0.6 is 0 Å². The van der Waals surface area contributed by atoms with Crippen LogP contribution in [0.5, 0.6) is 0 Å². The third kappa shape index (κ3) is 4.05. The van der Waals surface area contributed by atoms with Crippen molar-refractivity contribution in [2.75, 3.05) is 0 Å². The summed E-state index contributed by atoms with van der Waals surface area (Å²) < 4.78 is 18.3. The molecule has 0 fully saturated rings. The molecule has 0 aliphatic carbocycles. The Morgan fingerprint density at radius 2 is 1.93 bits per heavy atom. The lowest BCUT2D eigenvalue weighted by molar-refractivity contribution is -0.0842. The van der Waals surface area contributed by atoms with Crippen LogP contribution in [0.1, 0.15) is 27.7 Å². The minimum Gasteiger partial charge on any atom is -0.489 e. The molecule has 1 unspecified atom stereocenters. The van der Waals surface area contributed by atoms with Crippen molar-refractivity contribution in [3.05, 3.63) is 23.4 Å². The molecule has 0 saturated heterocycles. The van der Waals surface area contributed by atoms with Crippen LogP contribution in [0.15, 0.2) is 23.4 Å². The van der Waals surface area contributed by atoms with Gasteiger partial charge in [0.1, 0.15) is 5.76 Å². The Morgan fingerprint density at radius 1 is 1.27 bits per heavy atom. The van der Waals surface area contributed by atoms with Crippen LogP contribution in [-0.2, 0) is 20.6 Å². The standard InChI is InChI=1S/C10H17NO3S/c1-8(2)13-10-5-6-15(12)11(7-10)14-9(3)4/h5-9H,1-4H3. The largest absolute Gasteiger partial charge is 0.489 e. The minimum absolute atomic E-state index is 0.0167. The Hall–Kier alpha value is -0.810. The fourth-order valence-electron chi connectivity index (χ4n) is 1.01. The summed E-state index contributed by atoms with van der Waals surface area (Å²) in [6, 6.07) is 0. The predicted molar refractivity (Wildman–Crippen MR) is 59.6 cm³/mol. The minimum atomic E-state index is -1.26. The second-order valence-corrected chi connectivity index (χ2v) is 4.90. The molecular weight excluding hydrogens is 214 g/mol. The van der Waals surface area contributed by atoms with Gasteiger partial charge in [-0.15, -0.1) is 0 Å². The van der Waals surface area contributed by atoms with Crippen LogP contribution in [0.25, 0.3) is 0 Å². The van der Waals surface area contributed by atoms with E-state index < -0.39 is 11.0 Å². The van der Waals surface area contributed by atoms with E-state index in [2.05, 4.69) is 0 Å². The average Bonchev–Trinajstić information content (AvgIpc) is 2.09. The molecule has 0 bridgehead atoms. The van der Waals surface area contributed by atoms with Crippen molar-refractivity contribution in [1.29, 1.82) is 0 Å². The van der Waals surface area contributed by atoms with Crippen molar-refractivity contribution < 1.29 is 13.8 Å². The third-order valence-electron chi connectivity index (χ3n) is 1.45. The number of nitrogens with zero attached hydrogens (tertiary/aromatic N) is 1. The zero-order valence-corrected chi connectivity index (χ0v) is 10.3. The second kappa shape index (κ2) is 5.32. The van der Waals surface area contributed by atoms with Gasteiger partial charge in [-0.2, -0.15) is 4.47 Å². The number of ether oxygens (including phenoxy) is 1. The van der Waals surface area contributed by atoms with Crippen LogP contribution in [-0.4, -0.2) is 20.9 Å². The summed E-state index contributed by atoms with van der Waals surface area (Å²) in [5, 5.41) is 1.54. The number of hydroxylamine groups is 1. The molecule has 0 aromatic carbocycles. The van der Waals surface area contributed by atoms with Crippen LogP contribution in [0.2, 0.25) is 0 Å². The Balaban J connectivity index is 2.67. The Kier molecular flexibility index (Phi) is 4.35. The molecule has 1 aliphatic heterocycles. The van der Waals surface area contributed by atoms with Crippen LogP contribution < -0.4 is 0 Å². The van der Waals surface area contributed by atoms with E-state index in [4.69, 9.17) is 9.57 Å². The van der Waals surface area contributed by atoms with E-state index >= 15 is 0 Å². The van der Waals surface area contributed by atoms with Crippen LogP contribution in [0.3, 0.4) is 0 Å². The molecule has 0 aromatic rings. The van der Waals surface area contributed by atoms with Gasteiger partial charge in [-0.05, 0) is 33.8 Å². The van der Waals surface area contributed by atoms with Gasteiger partial charge in [0.25, 0.3) is 0 Å². The molecule has 86 valence electrons. The maximum Gasteiger partial charge on any atom is 0.169 e. The Morgan fingerprint density at radius 3 is 2.47 bits per heavy atom. The summed E-state index contributed by atoms with van der Waals surface area (Å²) in [5.41, 5.74) is 0. The van der Waals surface area contributed by atoms with Crippen molar-refractivity contribution in [2.24, 2.45) is 0 Å². The van der Waals surface area contributed by atoms with Crippen molar-refractivity contribution in [2.45, 2.75) is 39.9 Å². The molecule has 1 rings (SSSR count). The van der Waals surface area contributed by atoms with Gasteiger partial charge in [0.05, 0.1) is 18.4 Å². The first-order chi connectivity index (χ1) is 6.99. The maximum atomic E-state index is 11.5. The molecule has 1 heterocycles. The van der Waals surface area contributed by atoms with Gasteiger partial charge in [0.15, 0.2) is 11.0 Å². The molecule has 4 nitrogen and oxygen atoms in total. The average molecular weight is 231 g/mol. The topological polar surface area (TPSA) is 38.8 Å². The molecular formula is C10H17NO3S. The summed E-state index contributed by atoms with van der Waals surface area (Å²) in [6.45, 7) is 7.64. The van der Waals surface area contributed by atoms with E-state index in [1.165, 1.54) is 4.47 Å². The summed E-state index contributed by atoms with van der Waals surface area (Å²) >= 11 is 0. The van der Waals surface area contributed by atoms with E-state index in [0.29, 0.717) is 5.76 Å². The molecule has 5 heteroatoms. The lowest BCUT2D eigenvalue weighted by Crippen LogP contribution is -2.26. The first kappa shape index (κ1) is 12.3. The van der Waals surface area contributed by atoms with Gasteiger partial charge in [-0.1, -0.05) is 0 Å². The van der Waals surface area contributed by atoms with Gasteiger partial charge in [0.2, 0.25) is 0 Å². The highest BCUT2D eigenvalue weighted by atomic mass is 32.2. The number of hydrogen-bond donors (Lipinski definition) is 0. The van der Waals surface area contributed by atoms with Gasteiger partial charge in [-0.25, -0.2) is 4.21 Å². The monoisotopic (exact) mass is 231 g/mol. The molecule has 0 radical (unpaired) electrons. The third-order valence-corrected chi connectivity index (χ3v) is 2.36. The zero-order chi connectivity index (χ0) is 11.4. The Labute approximate surface area is 93.1 Å². The van der Waals surface area contributed by atoms with E-state index in [9.17, 15) is 4.21 Å². The first-order valence-electron chi connectivity index (χ1n) is 4.92. The number of rotatable bonds is 4. The van der Waals surface area contributed by atoms with Crippen molar-refractivity contribution >= 4 is 11.0 Å². The highest BCUT2D eigenvalue weighted by molar-refractivity contribution is 7.85. The first-order valence-corrected chi connectivity index (χ1v) is 6.09. The fourth-order valence-corrected chi connectivity index (χ4v) is 1.84. The highest BCUT2D eigenvalue weighted by Crippen LogP contribution is 2.16. The lowest BCUT2D eigenvalue weighted by atomic mass is 10.4. The molecule has 0 saturated carbocycles. The van der Waals surface area contributed by atoms with Crippen molar-refractivity contribution in [3.63, 3.8) is 0 Å². The maximum absolute atomic E-state index is 11.5. The van der Waals surface area contributed by atoms with Crippen molar-refractivity contribution in [3.8, 4) is 0 Å². The SMILES string of the molecule is CC(C)OC1=CN(OC(C)C)S(=O)C=C1. The van der Waals surface area contributed by atoms with E-state index in [1.54, 1.807) is 17.7 Å². The Bertz CT molecular complexity index is 297. The quantitative estimate of drug-likeness (QED) is 0.743. The summed E-state index contributed by atoms with van der Waals surface area (Å²) in [5.74, 6) is 0.658. The van der Waals surface area contributed by atoms with Crippen molar-refractivity contribution in [1.82, 2.24) is 4.47 Å². The van der Waals surface area contributed by atoms with Gasteiger partial charge < -0.3 is 4.74 Å². The predicted octanol–water partition coefficient (Wildman–Crippen LogP) is 2.09. The summed E-state index contributed by atoms with van der Waals surface area (Å²) in [4.78, 5) is 5.34. The molecule has 1 aliphatic rings.